The van der Waals surface area contributed by atoms with Gasteiger partial charge in [-0.25, -0.2) is 0 Å². The van der Waals surface area contributed by atoms with Crippen LogP contribution in [0.4, 0.5) is 0 Å². The van der Waals surface area contributed by atoms with Crippen molar-refractivity contribution in [3.05, 3.63) is 0 Å². The maximum absolute atomic E-state index is 10.9. The van der Waals surface area contributed by atoms with Crippen LogP contribution in [0.3, 0.4) is 0 Å². The van der Waals surface area contributed by atoms with E-state index in [2.05, 4.69) is 10.6 Å². The Bertz CT molecular complexity index is 214. The van der Waals surface area contributed by atoms with Crippen molar-refractivity contribution < 1.29 is 9.90 Å². The summed E-state index contributed by atoms with van der Waals surface area (Å²) in [6.45, 7) is 6.99. The van der Waals surface area contributed by atoms with Crippen LogP contribution < -0.4 is 10.6 Å². The minimum absolute atomic E-state index is 0.0895. The molecular formula is C10H20N2O2. The largest absolute Gasteiger partial charge is 0.389 e. The molecule has 82 valence electrons. The van der Waals surface area contributed by atoms with Crippen molar-refractivity contribution in [2.24, 2.45) is 5.92 Å². The Morgan fingerprint density at radius 3 is 2.79 bits per heavy atom. The first-order valence-corrected chi connectivity index (χ1v) is 5.14. The van der Waals surface area contributed by atoms with Crippen LogP contribution in [0.25, 0.3) is 0 Å². The van der Waals surface area contributed by atoms with E-state index >= 15 is 0 Å². The third kappa shape index (κ3) is 2.96. The Hall–Kier alpha value is -0.610. The maximum Gasteiger partial charge on any atom is 0.221 e. The van der Waals surface area contributed by atoms with E-state index in [4.69, 9.17) is 0 Å². The third-order valence-corrected chi connectivity index (χ3v) is 2.97. The highest BCUT2D eigenvalue weighted by Gasteiger charge is 2.28. The molecule has 0 radical (unpaired) electrons. The fourth-order valence-corrected chi connectivity index (χ4v) is 1.30. The van der Waals surface area contributed by atoms with Crippen LogP contribution in [0.15, 0.2) is 0 Å². The van der Waals surface area contributed by atoms with Gasteiger partial charge in [0.05, 0.1) is 5.60 Å². The monoisotopic (exact) mass is 200 g/mol. The molecule has 1 aliphatic rings. The molecule has 14 heavy (non-hydrogen) atoms. The van der Waals surface area contributed by atoms with Gasteiger partial charge in [0.25, 0.3) is 0 Å². The van der Waals surface area contributed by atoms with Crippen LogP contribution in [0, 0.1) is 5.92 Å². The average molecular weight is 200 g/mol. The van der Waals surface area contributed by atoms with Crippen LogP contribution >= 0.6 is 0 Å². The second-order valence-corrected chi connectivity index (χ2v) is 4.60. The van der Waals surface area contributed by atoms with Gasteiger partial charge in [-0.15, -0.1) is 0 Å². The zero-order valence-electron chi connectivity index (χ0n) is 9.13. The molecular weight excluding hydrogens is 180 g/mol. The highest BCUT2D eigenvalue weighted by Crippen LogP contribution is 2.15. The third-order valence-electron chi connectivity index (χ3n) is 2.97. The lowest BCUT2D eigenvalue weighted by atomic mass is 9.92. The molecule has 0 bridgehead atoms. The first-order valence-electron chi connectivity index (χ1n) is 5.14. The zero-order chi connectivity index (χ0) is 10.8. The van der Waals surface area contributed by atoms with Crippen molar-refractivity contribution >= 4 is 5.91 Å². The number of hydrogen-bond acceptors (Lipinski definition) is 3. The number of carbonyl (C=O) groups excluding carboxylic acids is 1. The van der Waals surface area contributed by atoms with Crippen molar-refractivity contribution in [2.45, 2.75) is 38.8 Å². The van der Waals surface area contributed by atoms with Gasteiger partial charge in [0.1, 0.15) is 0 Å². The molecule has 1 fully saturated rings. The van der Waals surface area contributed by atoms with E-state index in [9.17, 15) is 9.90 Å². The molecule has 0 aromatic heterocycles. The minimum atomic E-state index is -0.703. The van der Waals surface area contributed by atoms with E-state index in [-0.39, 0.29) is 17.9 Å². The van der Waals surface area contributed by atoms with Gasteiger partial charge in [-0.3, -0.25) is 4.79 Å². The predicted octanol–water partition coefficient (Wildman–Crippen LogP) is -0.128. The number of hydrogen-bond donors (Lipinski definition) is 3. The highest BCUT2D eigenvalue weighted by atomic mass is 16.3. The molecule has 2 unspecified atom stereocenters. The lowest BCUT2D eigenvalue weighted by molar-refractivity contribution is -0.119. The van der Waals surface area contributed by atoms with Crippen molar-refractivity contribution in [1.29, 1.82) is 0 Å². The summed E-state index contributed by atoms with van der Waals surface area (Å²) in [5.74, 6) is 0.298. The summed E-state index contributed by atoms with van der Waals surface area (Å²) in [6, 6.07) is 0.174. The molecule has 2 atom stereocenters. The van der Waals surface area contributed by atoms with Crippen molar-refractivity contribution in [2.75, 3.05) is 13.1 Å². The standard InChI is InChI=1S/C10H20N2O2/c1-7(2)10(3,14)6-12-8-4-9(13)11-5-8/h7-8,12,14H,4-6H2,1-3H3,(H,11,13). The first kappa shape index (κ1) is 11.5. The van der Waals surface area contributed by atoms with Crippen LogP contribution in [-0.2, 0) is 4.79 Å². The molecule has 0 saturated carbocycles. The molecule has 0 aromatic rings. The second kappa shape index (κ2) is 4.28. The number of carbonyl (C=O) groups is 1. The van der Waals surface area contributed by atoms with Crippen LogP contribution in [0.1, 0.15) is 27.2 Å². The molecule has 4 heteroatoms. The highest BCUT2D eigenvalue weighted by molar-refractivity contribution is 5.78. The van der Waals surface area contributed by atoms with Gasteiger partial charge in [-0.2, -0.15) is 0 Å². The summed E-state index contributed by atoms with van der Waals surface area (Å²) in [5.41, 5.74) is -0.703. The Labute approximate surface area is 85.1 Å². The van der Waals surface area contributed by atoms with Crippen LogP contribution in [0.5, 0.6) is 0 Å². The Kier molecular flexibility index (Phi) is 3.50. The van der Waals surface area contributed by atoms with Gasteiger partial charge in [0.2, 0.25) is 5.91 Å². The Balaban J connectivity index is 2.30. The van der Waals surface area contributed by atoms with Gasteiger partial charge in [0.15, 0.2) is 0 Å². The van der Waals surface area contributed by atoms with E-state index < -0.39 is 5.60 Å². The molecule has 0 aliphatic carbocycles. The lowest BCUT2D eigenvalue weighted by Crippen LogP contribution is -2.46. The van der Waals surface area contributed by atoms with Gasteiger partial charge in [0, 0.05) is 25.6 Å². The number of amides is 1. The number of nitrogens with one attached hydrogen (secondary N) is 2. The summed E-state index contributed by atoms with van der Waals surface area (Å²) in [4.78, 5) is 10.9. The summed E-state index contributed by atoms with van der Waals surface area (Å²) in [6.07, 6.45) is 0.522. The normalized spacial score (nSPS) is 26.4. The fraction of sp³-hybridized carbons (Fsp3) is 0.900. The predicted molar refractivity (Wildman–Crippen MR) is 54.9 cm³/mol. The van der Waals surface area contributed by atoms with E-state index in [1.165, 1.54) is 0 Å². The van der Waals surface area contributed by atoms with Gasteiger partial charge >= 0.3 is 0 Å². The Morgan fingerprint density at radius 2 is 2.36 bits per heavy atom. The lowest BCUT2D eigenvalue weighted by Gasteiger charge is -2.29. The summed E-state index contributed by atoms with van der Waals surface area (Å²) >= 11 is 0. The van der Waals surface area contributed by atoms with E-state index in [0.29, 0.717) is 19.5 Å². The average Bonchev–Trinajstić information content (AvgIpc) is 2.48. The molecule has 1 saturated heterocycles. The summed E-state index contributed by atoms with van der Waals surface area (Å²) in [5, 5.41) is 15.9. The Morgan fingerprint density at radius 1 is 1.71 bits per heavy atom. The molecule has 1 rings (SSSR count). The van der Waals surface area contributed by atoms with Gasteiger partial charge < -0.3 is 15.7 Å². The molecule has 1 aliphatic heterocycles. The molecule has 3 N–H and O–H groups in total. The van der Waals surface area contributed by atoms with Gasteiger partial charge in [-0.05, 0) is 12.8 Å². The smallest absolute Gasteiger partial charge is 0.221 e. The fourth-order valence-electron chi connectivity index (χ4n) is 1.30. The second-order valence-electron chi connectivity index (χ2n) is 4.60. The molecule has 1 heterocycles. The summed E-state index contributed by atoms with van der Waals surface area (Å²) in [7, 11) is 0. The van der Waals surface area contributed by atoms with Crippen molar-refractivity contribution in [3.8, 4) is 0 Å². The first-order chi connectivity index (χ1) is 6.42. The topological polar surface area (TPSA) is 61.4 Å². The number of rotatable bonds is 4. The van der Waals surface area contributed by atoms with Crippen molar-refractivity contribution in [3.63, 3.8) is 0 Å². The zero-order valence-corrected chi connectivity index (χ0v) is 9.13. The molecule has 4 nitrogen and oxygen atoms in total. The van der Waals surface area contributed by atoms with Gasteiger partial charge in [-0.1, -0.05) is 13.8 Å². The molecule has 0 spiro atoms. The quantitative estimate of drug-likeness (QED) is 0.592. The van der Waals surface area contributed by atoms with E-state index in [1.807, 2.05) is 20.8 Å². The number of aliphatic hydroxyl groups is 1. The van der Waals surface area contributed by atoms with Crippen LogP contribution in [0.2, 0.25) is 0 Å². The molecule has 0 aromatic carbocycles. The van der Waals surface area contributed by atoms with E-state index in [0.717, 1.165) is 0 Å². The minimum Gasteiger partial charge on any atom is -0.389 e. The van der Waals surface area contributed by atoms with Crippen LogP contribution in [-0.4, -0.2) is 35.7 Å². The van der Waals surface area contributed by atoms with Crippen molar-refractivity contribution in [1.82, 2.24) is 10.6 Å². The maximum atomic E-state index is 10.9. The molecule has 1 amide bonds. The van der Waals surface area contributed by atoms with E-state index in [1.54, 1.807) is 0 Å². The SMILES string of the molecule is CC(C)C(C)(O)CNC1CNC(=O)C1. The summed E-state index contributed by atoms with van der Waals surface area (Å²) < 4.78 is 0.